The van der Waals surface area contributed by atoms with Crippen molar-refractivity contribution < 1.29 is 0 Å². The minimum Gasteiger partial charge on any atom is -0.312 e. The van der Waals surface area contributed by atoms with Gasteiger partial charge in [-0.3, -0.25) is 0 Å². The predicted octanol–water partition coefficient (Wildman–Crippen LogP) is 2.40. The van der Waals surface area contributed by atoms with Crippen molar-refractivity contribution in [3.63, 3.8) is 0 Å². The van der Waals surface area contributed by atoms with Crippen molar-refractivity contribution >= 4 is 15.9 Å². The molecule has 0 spiro atoms. The van der Waals surface area contributed by atoms with Crippen molar-refractivity contribution in [2.24, 2.45) is 0 Å². The molecule has 0 bridgehead atoms. The molecule has 64 valence electrons. The molecule has 1 heterocycles. The summed E-state index contributed by atoms with van der Waals surface area (Å²) in [6, 6.07) is 4.38. The lowest BCUT2D eigenvalue weighted by Crippen LogP contribution is -2.24. The van der Waals surface area contributed by atoms with Crippen LogP contribution >= 0.6 is 15.9 Å². The maximum atomic E-state index is 3.55. The molecule has 0 aliphatic carbocycles. The fraction of sp³-hybridized carbons (Fsp3) is 0.400. The average molecular weight is 226 g/mol. The van der Waals surface area contributed by atoms with E-state index in [4.69, 9.17) is 0 Å². The second-order valence-corrected chi connectivity index (χ2v) is 4.09. The lowest BCUT2D eigenvalue weighted by molar-refractivity contribution is 0.640. The van der Waals surface area contributed by atoms with Gasteiger partial charge in [-0.05, 0) is 42.6 Å². The number of hydrogen-bond donors (Lipinski definition) is 1. The third kappa shape index (κ3) is 1.29. The van der Waals surface area contributed by atoms with Crippen LogP contribution in [0, 0.1) is 6.92 Å². The smallest absolute Gasteiger partial charge is 0.0211 e. The summed E-state index contributed by atoms with van der Waals surface area (Å²) in [5.74, 6) is 0. The zero-order valence-corrected chi connectivity index (χ0v) is 8.74. The van der Waals surface area contributed by atoms with Crippen LogP contribution in [-0.2, 0) is 13.0 Å². The highest BCUT2D eigenvalue weighted by Crippen LogP contribution is 2.24. The molecule has 0 fully saturated rings. The number of nitrogens with one attached hydrogen (secondary N) is 1. The van der Waals surface area contributed by atoms with Gasteiger partial charge in [0.1, 0.15) is 0 Å². The first-order valence-corrected chi connectivity index (χ1v) is 5.06. The largest absolute Gasteiger partial charge is 0.312 e. The highest BCUT2D eigenvalue weighted by atomic mass is 79.9. The molecule has 1 nitrogen and oxygen atoms in total. The molecule has 0 radical (unpaired) electrons. The van der Waals surface area contributed by atoms with Crippen LogP contribution < -0.4 is 5.32 Å². The van der Waals surface area contributed by atoms with Gasteiger partial charge in [0, 0.05) is 11.0 Å². The van der Waals surface area contributed by atoms with Gasteiger partial charge < -0.3 is 5.32 Å². The average Bonchev–Trinajstić information content (AvgIpc) is 2.12. The highest BCUT2D eigenvalue weighted by molar-refractivity contribution is 9.10. The first-order valence-electron chi connectivity index (χ1n) is 4.26. The Hall–Kier alpha value is -0.340. The van der Waals surface area contributed by atoms with Gasteiger partial charge in [0.05, 0.1) is 0 Å². The van der Waals surface area contributed by atoms with Gasteiger partial charge in [0.2, 0.25) is 0 Å². The molecule has 1 aliphatic heterocycles. The van der Waals surface area contributed by atoms with Gasteiger partial charge in [0.15, 0.2) is 0 Å². The molecule has 0 amide bonds. The normalized spacial score (nSPS) is 15.8. The molecule has 0 unspecified atom stereocenters. The Morgan fingerprint density at radius 3 is 3.08 bits per heavy atom. The lowest BCUT2D eigenvalue weighted by Gasteiger charge is -2.19. The Bertz CT molecular complexity index is 307. The predicted molar refractivity (Wildman–Crippen MR) is 54.3 cm³/mol. The summed E-state index contributed by atoms with van der Waals surface area (Å²) < 4.78 is 1.23. The van der Waals surface area contributed by atoms with Gasteiger partial charge in [-0.25, -0.2) is 0 Å². The van der Waals surface area contributed by atoms with Crippen molar-refractivity contribution in [3.8, 4) is 0 Å². The minimum atomic E-state index is 1.03. The summed E-state index contributed by atoms with van der Waals surface area (Å²) in [4.78, 5) is 0. The molecule has 0 saturated heterocycles. The minimum absolute atomic E-state index is 1.03. The Kier molecular flexibility index (Phi) is 2.20. The molecular weight excluding hydrogens is 214 g/mol. The Balaban J connectivity index is 2.54. The molecule has 12 heavy (non-hydrogen) atoms. The van der Waals surface area contributed by atoms with Crippen molar-refractivity contribution in [2.45, 2.75) is 19.9 Å². The highest BCUT2D eigenvalue weighted by Gasteiger charge is 2.11. The summed E-state index contributed by atoms with van der Waals surface area (Å²) in [7, 11) is 0. The molecule has 2 heteroatoms. The number of fused-ring (bicyclic) bond motifs is 1. The van der Waals surface area contributed by atoms with Gasteiger partial charge in [0.25, 0.3) is 0 Å². The summed E-state index contributed by atoms with van der Waals surface area (Å²) in [5.41, 5.74) is 4.38. The molecule has 0 atom stereocenters. The molecule has 1 aliphatic rings. The van der Waals surface area contributed by atoms with Crippen LogP contribution in [0.3, 0.4) is 0 Å². The molecule has 0 saturated carbocycles. The molecule has 0 aromatic heterocycles. The van der Waals surface area contributed by atoms with E-state index in [0.717, 1.165) is 13.1 Å². The molecular formula is C10H12BrN. The third-order valence-electron chi connectivity index (χ3n) is 2.50. The quantitative estimate of drug-likeness (QED) is 0.716. The van der Waals surface area contributed by atoms with Crippen LogP contribution in [0.4, 0.5) is 0 Å². The fourth-order valence-electron chi connectivity index (χ4n) is 1.70. The van der Waals surface area contributed by atoms with E-state index in [1.54, 1.807) is 0 Å². The summed E-state index contributed by atoms with van der Waals surface area (Å²) in [5, 5.41) is 3.39. The molecule has 1 N–H and O–H groups in total. The maximum Gasteiger partial charge on any atom is 0.0211 e. The SMILES string of the molecule is Cc1c(Br)ccc2c1CNCC2. The van der Waals surface area contributed by atoms with Crippen LogP contribution in [0.2, 0.25) is 0 Å². The van der Waals surface area contributed by atoms with E-state index < -0.39 is 0 Å². The Morgan fingerprint density at radius 1 is 1.42 bits per heavy atom. The van der Waals surface area contributed by atoms with Crippen molar-refractivity contribution in [1.82, 2.24) is 5.32 Å². The monoisotopic (exact) mass is 225 g/mol. The van der Waals surface area contributed by atoms with Crippen molar-refractivity contribution in [1.29, 1.82) is 0 Å². The van der Waals surface area contributed by atoms with Crippen molar-refractivity contribution in [3.05, 3.63) is 33.3 Å². The van der Waals surface area contributed by atoms with Gasteiger partial charge in [-0.2, -0.15) is 0 Å². The Morgan fingerprint density at radius 2 is 2.25 bits per heavy atom. The van der Waals surface area contributed by atoms with E-state index in [1.807, 2.05) is 0 Å². The van der Waals surface area contributed by atoms with Crippen LogP contribution in [0.15, 0.2) is 16.6 Å². The summed E-state index contributed by atoms with van der Waals surface area (Å²) in [6.45, 7) is 4.32. The second-order valence-electron chi connectivity index (χ2n) is 3.24. The number of rotatable bonds is 0. The third-order valence-corrected chi connectivity index (χ3v) is 3.36. The van der Waals surface area contributed by atoms with Gasteiger partial charge in [-0.15, -0.1) is 0 Å². The standard InChI is InChI=1S/C10H12BrN/c1-7-9-6-12-5-4-8(9)2-3-10(7)11/h2-3,12H,4-6H2,1H3. The number of benzene rings is 1. The molecule has 1 aromatic rings. The Labute approximate surface area is 81.3 Å². The van der Waals surface area contributed by atoms with Gasteiger partial charge >= 0.3 is 0 Å². The van der Waals surface area contributed by atoms with Crippen LogP contribution in [0.5, 0.6) is 0 Å². The molecule has 2 rings (SSSR count). The lowest BCUT2D eigenvalue weighted by atomic mass is 9.97. The number of halogens is 1. The van der Waals surface area contributed by atoms with E-state index in [-0.39, 0.29) is 0 Å². The van der Waals surface area contributed by atoms with Crippen LogP contribution in [-0.4, -0.2) is 6.54 Å². The van der Waals surface area contributed by atoms with E-state index in [9.17, 15) is 0 Å². The van der Waals surface area contributed by atoms with Gasteiger partial charge in [-0.1, -0.05) is 22.0 Å². The zero-order valence-electron chi connectivity index (χ0n) is 7.15. The van der Waals surface area contributed by atoms with E-state index >= 15 is 0 Å². The maximum absolute atomic E-state index is 3.55. The summed E-state index contributed by atoms with van der Waals surface area (Å²) in [6.07, 6.45) is 1.17. The number of hydrogen-bond acceptors (Lipinski definition) is 1. The first kappa shape index (κ1) is 8.27. The van der Waals surface area contributed by atoms with E-state index in [1.165, 1.54) is 27.6 Å². The van der Waals surface area contributed by atoms with E-state index in [2.05, 4.69) is 40.3 Å². The van der Waals surface area contributed by atoms with Crippen molar-refractivity contribution in [2.75, 3.05) is 6.54 Å². The fourth-order valence-corrected chi connectivity index (χ4v) is 2.07. The molecule has 1 aromatic carbocycles. The second kappa shape index (κ2) is 3.19. The topological polar surface area (TPSA) is 12.0 Å². The summed E-state index contributed by atoms with van der Waals surface area (Å²) >= 11 is 3.55. The van der Waals surface area contributed by atoms with E-state index in [0.29, 0.717) is 0 Å². The zero-order chi connectivity index (χ0) is 8.55. The van der Waals surface area contributed by atoms with Crippen LogP contribution in [0.25, 0.3) is 0 Å². The van der Waals surface area contributed by atoms with Crippen LogP contribution in [0.1, 0.15) is 16.7 Å². The first-order chi connectivity index (χ1) is 5.79.